The van der Waals surface area contributed by atoms with Crippen LogP contribution in [0.15, 0.2) is 0 Å². The summed E-state index contributed by atoms with van der Waals surface area (Å²) in [6.45, 7) is 9.85. The summed E-state index contributed by atoms with van der Waals surface area (Å²) in [4.78, 5) is 8.63. The molecule has 1 rings (SSSR count). The minimum atomic E-state index is 0.470. The van der Waals surface area contributed by atoms with E-state index in [1.165, 1.54) is 0 Å². The van der Waals surface area contributed by atoms with Crippen molar-refractivity contribution in [1.82, 2.24) is 9.97 Å². The third-order valence-electron chi connectivity index (χ3n) is 2.52. The number of aromatic nitrogens is 2. The second-order valence-electron chi connectivity index (χ2n) is 4.73. The summed E-state index contributed by atoms with van der Waals surface area (Å²) in [6, 6.07) is 0. The predicted molar refractivity (Wildman–Crippen MR) is 75.1 cm³/mol. The first-order valence-corrected chi connectivity index (χ1v) is 6.63. The van der Waals surface area contributed by atoms with Gasteiger partial charge in [0.15, 0.2) is 0 Å². The van der Waals surface area contributed by atoms with Crippen LogP contribution >= 0.6 is 0 Å². The fraction of sp³-hybridized carbons (Fsp3) is 0.692. The third kappa shape index (κ3) is 5.00. The highest BCUT2D eigenvalue weighted by Crippen LogP contribution is 2.21. The second-order valence-corrected chi connectivity index (χ2v) is 4.73. The highest BCUT2D eigenvalue weighted by molar-refractivity contribution is 5.47. The number of hydrazine groups is 1. The minimum absolute atomic E-state index is 0.470. The highest BCUT2D eigenvalue weighted by Gasteiger charge is 2.10. The normalized spacial score (nSPS) is 10.8. The van der Waals surface area contributed by atoms with E-state index in [9.17, 15) is 0 Å². The molecule has 19 heavy (non-hydrogen) atoms. The van der Waals surface area contributed by atoms with Crippen molar-refractivity contribution in [2.75, 3.05) is 25.2 Å². The Labute approximate surface area is 114 Å². The van der Waals surface area contributed by atoms with E-state index in [1.807, 2.05) is 13.8 Å². The first-order valence-electron chi connectivity index (χ1n) is 6.63. The van der Waals surface area contributed by atoms with Crippen molar-refractivity contribution in [3.05, 3.63) is 11.4 Å². The Bertz CT molecular complexity index is 396. The van der Waals surface area contributed by atoms with Gasteiger partial charge in [-0.2, -0.15) is 4.98 Å². The van der Waals surface area contributed by atoms with Crippen LogP contribution in [0.2, 0.25) is 0 Å². The summed E-state index contributed by atoms with van der Waals surface area (Å²) in [5.74, 6) is 7.83. The van der Waals surface area contributed by atoms with Gasteiger partial charge in [0.05, 0.1) is 12.2 Å². The van der Waals surface area contributed by atoms with E-state index >= 15 is 0 Å². The summed E-state index contributed by atoms with van der Waals surface area (Å²) in [5.41, 5.74) is 3.37. The van der Waals surface area contributed by atoms with E-state index < -0.39 is 0 Å². The molecule has 0 aliphatic heterocycles. The first-order chi connectivity index (χ1) is 9.08. The molecule has 0 aliphatic carbocycles. The lowest BCUT2D eigenvalue weighted by molar-refractivity contribution is 0.0803. The zero-order valence-corrected chi connectivity index (χ0v) is 12.2. The lowest BCUT2D eigenvalue weighted by Gasteiger charge is -2.13. The molecule has 0 aromatic carbocycles. The fourth-order valence-electron chi connectivity index (χ4n) is 1.50. The number of ether oxygens (including phenoxy) is 2. The molecule has 6 heteroatoms. The Morgan fingerprint density at radius 1 is 1.26 bits per heavy atom. The van der Waals surface area contributed by atoms with Crippen LogP contribution < -0.4 is 16.0 Å². The Hall–Kier alpha value is -1.40. The number of aryl methyl sites for hydroxylation is 1. The molecule has 0 amide bonds. The van der Waals surface area contributed by atoms with Gasteiger partial charge in [-0.25, -0.2) is 10.8 Å². The molecule has 0 unspecified atom stereocenters. The van der Waals surface area contributed by atoms with Gasteiger partial charge in [0.2, 0.25) is 5.88 Å². The van der Waals surface area contributed by atoms with E-state index in [-0.39, 0.29) is 0 Å². The monoisotopic (exact) mass is 268 g/mol. The summed E-state index contributed by atoms with van der Waals surface area (Å²) in [6.07, 6.45) is 0.731. The van der Waals surface area contributed by atoms with Gasteiger partial charge in [-0.05, 0) is 12.8 Å². The van der Waals surface area contributed by atoms with E-state index in [2.05, 4.69) is 29.2 Å². The fourth-order valence-corrected chi connectivity index (χ4v) is 1.50. The van der Waals surface area contributed by atoms with Crippen LogP contribution in [0.25, 0.3) is 0 Å². The first kappa shape index (κ1) is 15.7. The van der Waals surface area contributed by atoms with Crippen molar-refractivity contribution in [2.45, 2.75) is 34.1 Å². The molecule has 1 aromatic rings. The molecule has 0 bridgehead atoms. The predicted octanol–water partition coefficient (Wildman–Crippen LogP) is 1.68. The van der Waals surface area contributed by atoms with Gasteiger partial charge in [-0.3, -0.25) is 0 Å². The average Bonchev–Trinajstić information content (AvgIpc) is 2.39. The molecule has 3 N–H and O–H groups in total. The molecular formula is C13H24N4O2. The van der Waals surface area contributed by atoms with Crippen LogP contribution in [0.1, 0.15) is 32.2 Å². The van der Waals surface area contributed by atoms with Gasteiger partial charge in [-0.1, -0.05) is 20.8 Å². The third-order valence-corrected chi connectivity index (χ3v) is 2.52. The van der Waals surface area contributed by atoms with Crippen LogP contribution in [0, 0.1) is 12.8 Å². The van der Waals surface area contributed by atoms with E-state index in [0.29, 0.717) is 36.7 Å². The summed E-state index contributed by atoms with van der Waals surface area (Å²) >= 11 is 0. The summed E-state index contributed by atoms with van der Waals surface area (Å²) < 4.78 is 11.1. The molecule has 0 fully saturated rings. The second kappa shape index (κ2) is 7.91. The number of nitrogens with one attached hydrogen (secondary N) is 1. The Kier molecular flexibility index (Phi) is 6.52. The zero-order chi connectivity index (χ0) is 14.3. The van der Waals surface area contributed by atoms with Gasteiger partial charge < -0.3 is 14.9 Å². The number of nitrogens with zero attached hydrogens (tertiary/aromatic N) is 2. The van der Waals surface area contributed by atoms with Crippen molar-refractivity contribution < 1.29 is 9.47 Å². The van der Waals surface area contributed by atoms with E-state index in [4.69, 9.17) is 15.3 Å². The van der Waals surface area contributed by atoms with Crippen LogP contribution in [0.4, 0.5) is 5.82 Å². The number of nitrogens with two attached hydrogens (primary N) is 1. The standard InChI is InChI=1S/C13H24N4O2/c1-5-11-15-12(17-14)10(4)13(16-11)19-7-6-18-8-9(2)3/h9H,5-8,14H2,1-4H3,(H,15,16,17). The van der Waals surface area contributed by atoms with Gasteiger partial charge in [0.25, 0.3) is 0 Å². The maximum Gasteiger partial charge on any atom is 0.221 e. The van der Waals surface area contributed by atoms with Crippen LogP contribution in [0.5, 0.6) is 5.88 Å². The quantitative estimate of drug-likeness (QED) is 0.424. The Morgan fingerprint density at radius 2 is 2.00 bits per heavy atom. The van der Waals surface area contributed by atoms with Gasteiger partial charge in [0, 0.05) is 13.0 Å². The van der Waals surface area contributed by atoms with Crippen LogP contribution in [-0.2, 0) is 11.2 Å². The van der Waals surface area contributed by atoms with Crippen LogP contribution in [-0.4, -0.2) is 29.8 Å². The van der Waals surface area contributed by atoms with Crippen molar-refractivity contribution in [2.24, 2.45) is 11.8 Å². The molecule has 0 spiro atoms. The highest BCUT2D eigenvalue weighted by atomic mass is 16.5. The molecule has 1 aromatic heterocycles. The lowest BCUT2D eigenvalue weighted by atomic mass is 10.2. The maximum atomic E-state index is 5.63. The number of hydrogen-bond acceptors (Lipinski definition) is 6. The van der Waals surface area contributed by atoms with Crippen molar-refractivity contribution in [3.63, 3.8) is 0 Å². The van der Waals surface area contributed by atoms with Crippen molar-refractivity contribution in [3.8, 4) is 5.88 Å². The lowest BCUT2D eigenvalue weighted by Crippen LogP contribution is -2.15. The topological polar surface area (TPSA) is 82.3 Å². The zero-order valence-electron chi connectivity index (χ0n) is 12.2. The molecule has 1 heterocycles. The molecule has 0 radical (unpaired) electrons. The maximum absolute atomic E-state index is 5.63. The van der Waals surface area contributed by atoms with Gasteiger partial charge in [-0.15, -0.1) is 0 Å². The van der Waals surface area contributed by atoms with E-state index in [1.54, 1.807) is 0 Å². The van der Waals surface area contributed by atoms with Crippen molar-refractivity contribution >= 4 is 5.82 Å². The van der Waals surface area contributed by atoms with Crippen LogP contribution in [0.3, 0.4) is 0 Å². The molecule has 108 valence electrons. The number of anilines is 1. The summed E-state index contributed by atoms with van der Waals surface area (Å²) in [5, 5.41) is 0. The smallest absolute Gasteiger partial charge is 0.221 e. The van der Waals surface area contributed by atoms with Gasteiger partial charge >= 0.3 is 0 Å². The molecule has 6 nitrogen and oxygen atoms in total. The SMILES string of the molecule is CCc1nc(NN)c(C)c(OCCOCC(C)C)n1. The molecular weight excluding hydrogens is 244 g/mol. The Balaban J connectivity index is 2.57. The summed E-state index contributed by atoms with van der Waals surface area (Å²) in [7, 11) is 0. The molecule has 0 saturated heterocycles. The van der Waals surface area contributed by atoms with E-state index in [0.717, 1.165) is 18.6 Å². The molecule has 0 saturated carbocycles. The molecule has 0 atom stereocenters. The Morgan fingerprint density at radius 3 is 2.58 bits per heavy atom. The average molecular weight is 268 g/mol. The van der Waals surface area contributed by atoms with Crippen molar-refractivity contribution in [1.29, 1.82) is 0 Å². The van der Waals surface area contributed by atoms with Gasteiger partial charge in [0.1, 0.15) is 18.2 Å². The number of hydrogen-bond donors (Lipinski definition) is 2. The number of nitrogen functional groups attached to an aromatic ring is 1. The molecule has 0 aliphatic rings. The minimum Gasteiger partial charge on any atom is -0.475 e. The largest absolute Gasteiger partial charge is 0.475 e. The number of rotatable bonds is 8.